The molecule has 0 atom stereocenters. The Balaban J connectivity index is 1.60. The Morgan fingerprint density at radius 1 is 0.852 bits per heavy atom. The van der Waals surface area contributed by atoms with Gasteiger partial charge in [0.15, 0.2) is 0 Å². The van der Waals surface area contributed by atoms with E-state index in [1.165, 1.54) is 16.7 Å². The van der Waals surface area contributed by atoms with E-state index in [4.69, 9.17) is 4.42 Å². The Labute approximate surface area is 157 Å². The summed E-state index contributed by atoms with van der Waals surface area (Å²) in [7, 11) is 0. The molecule has 0 saturated heterocycles. The topological polar surface area (TPSA) is 38.9 Å². The average Bonchev–Trinajstić information content (AvgIpc) is 3.08. The van der Waals surface area contributed by atoms with Gasteiger partial charge in [-0.15, -0.1) is 0 Å². The first kappa shape index (κ1) is 15.8. The maximum absolute atomic E-state index is 5.94. The third-order valence-corrected chi connectivity index (χ3v) is 5.03. The number of pyridine rings is 2. The molecule has 2 aromatic carbocycles. The molecule has 3 nitrogen and oxygen atoms in total. The van der Waals surface area contributed by atoms with E-state index >= 15 is 0 Å². The molecule has 5 aromatic rings. The minimum absolute atomic E-state index is 0.876. The third kappa shape index (κ3) is 2.87. The third-order valence-electron chi connectivity index (χ3n) is 5.03. The van der Waals surface area contributed by atoms with Gasteiger partial charge in [0.1, 0.15) is 11.2 Å². The van der Waals surface area contributed by atoms with E-state index in [9.17, 15) is 0 Å². The summed E-state index contributed by atoms with van der Waals surface area (Å²) in [5.74, 6) is 0. The van der Waals surface area contributed by atoms with E-state index in [1.807, 2.05) is 42.9 Å². The number of aryl methyl sites for hydroxylation is 1. The van der Waals surface area contributed by atoms with Crippen LogP contribution in [0, 0.1) is 6.92 Å². The van der Waals surface area contributed by atoms with E-state index in [0.717, 1.165) is 39.6 Å². The van der Waals surface area contributed by atoms with Gasteiger partial charge in [-0.25, -0.2) is 0 Å². The van der Waals surface area contributed by atoms with Crippen molar-refractivity contribution in [2.75, 3.05) is 0 Å². The van der Waals surface area contributed by atoms with E-state index in [2.05, 4.69) is 53.3 Å². The molecule has 0 aliphatic carbocycles. The summed E-state index contributed by atoms with van der Waals surface area (Å²) in [4.78, 5) is 8.78. The quantitative estimate of drug-likeness (QED) is 0.404. The van der Waals surface area contributed by atoms with Crippen molar-refractivity contribution in [2.45, 2.75) is 13.3 Å². The molecule has 0 aliphatic rings. The molecule has 0 bridgehead atoms. The Hall–Kier alpha value is -3.46. The summed E-state index contributed by atoms with van der Waals surface area (Å²) in [5.41, 5.74) is 7.64. The molecule has 3 aromatic heterocycles. The van der Waals surface area contributed by atoms with Crippen LogP contribution in [0.3, 0.4) is 0 Å². The van der Waals surface area contributed by atoms with Gasteiger partial charge in [0, 0.05) is 34.9 Å². The summed E-state index contributed by atoms with van der Waals surface area (Å²) in [5, 5.41) is 2.26. The number of benzene rings is 2. The largest absolute Gasteiger partial charge is 0.456 e. The monoisotopic (exact) mass is 350 g/mol. The van der Waals surface area contributed by atoms with Gasteiger partial charge >= 0.3 is 0 Å². The SMILES string of the molecule is Cc1cnc(-c2ccc3oc4ccccc4c3c2)cc1Cc1ccncc1. The Kier molecular flexibility index (Phi) is 3.72. The van der Waals surface area contributed by atoms with Crippen LogP contribution in [-0.2, 0) is 6.42 Å². The minimum Gasteiger partial charge on any atom is -0.456 e. The zero-order valence-corrected chi connectivity index (χ0v) is 15.0. The van der Waals surface area contributed by atoms with Gasteiger partial charge in [0.2, 0.25) is 0 Å². The van der Waals surface area contributed by atoms with Gasteiger partial charge in [0.25, 0.3) is 0 Å². The molecule has 0 saturated carbocycles. The van der Waals surface area contributed by atoms with Crippen LogP contribution in [-0.4, -0.2) is 9.97 Å². The predicted molar refractivity (Wildman–Crippen MR) is 109 cm³/mol. The summed E-state index contributed by atoms with van der Waals surface area (Å²) in [6.07, 6.45) is 6.51. The zero-order chi connectivity index (χ0) is 18.2. The lowest BCUT2D eigenvalue weighted by molar-refractivity contribution is 0.669. The van der Waals surface area contributed by atoms with Crippen LogP contribution in [0.25, 0.3) is 33.2 Å². The lowest BCUT2D eigenvalue weighted by Gasteiger charge is -2.09. The smallest absolute Gasteiger partial charge is 0.135 e. The first-order chi connectivity index (χ1) is 13.3. The van der Waals surface area contributed by atoms with E-state index in [0.29, 0.717) is 0 Å². The van der Waals surface area contributed by atoms with Crippen LogP contribution in [0.15, 0.2) is 83.7 Å². The summed E-state index contributed by atoms with van der Waals surface area (Å²) >= 11 is 0. The number of para-hydroxylation sites is 1. The maximum Gasteiger partial charge on any atom is 0.135 e. The molecule has 5 rings (SSSR count). The van der Waals surface area contributed by atoms with Crippen molar-refractivity contribution in [3.8, 4) is 11.3 Å². The fourth-order valence-electron chi connectivity index (χ4n) is 3.52. The van der Waals surface area contributed by atoms with Crippen LogP contribution in [0.2, 0.25) is 0 Å². The van der Waals surface area contributed by atoms with Crippen LogP contribution in [0.1, 0.15) is 16.7 Å². The zero-order valence-electron chi connectivity index (χ0n) is 15.0. The van der Waals surface area contributed by atoms with Crippen molar-refractivity contribution in [3.63, 3.8) is 0 Å². The fraction of sp³-hybridized carbons (Fsp3) is 0.0833. The highest BCUT2D eigenvalue weighted by molar-refractivity contribution is 6.06. The fourth-order valence-corrected chi connectivity index (χ4v) is 3.52. The second kappa shape index (κ2) is 6.36. The normalized spacial score (nSPS) is 11.3. The molecular formula is C24H18N2O. The second-order valence-electron chi connectivity index (χ2n) is 6.84. The molecule has 0 N–H and O–H groups in total. The van der Waals surface area contributed by atoms with Gasteiger partial charge in [-0.05, 0) is 72.5 Å². The molecule has 0 aliphatic heterocycles. The van der Waals surface area contributed by atoms with Crippen molar-refractivity contribution < 1.29 is 4.42 Å². The summed E-state index contributed by atoms with van der Waals surface area (Å²) < 4.78 is 5.94. The van der Waals surface area contributed by atoms with E-state index < -0.39 is 0 Å². The van der Waals surface area contributed by atoms with Crippen molar-refractivity contribution in [3.05, 3.63) is 95.9 Å². The van der Waals surface area contributed by atoms with Crippen molar-refractivity contribution >= 4 is 21.9 Å². The molecule has 0 unspecified atom stereocenters. The summed E-state index contributed by atoms with van der Waals surface area (Å²) in [6.45, 7) is 2.11. The van der Waals surface area contributed by atoms with E-state index in [1.54, 1.807) is 0 Å². The van der Waals surface area contributed by atoms with Crippen molar-refractivity contribution in [2.24, 2.45) is 0 Å². The first-order valence-corrected chi connectivity index (χ1v) is 9.04. The molecule has 0 amide bonds. The maximum atomic E-state index is 5.94. The molecule has 3 heterocycles. The van der Waals surface area contributed by atoms with Gasteiger partial charge in [-0.3, -0.25) is 9.97 Å². The van der Waals surface area contributed by atoms with Crippen LogP contribution in [0.4, 0.5) is 0 Å². The number of aromatic nitrogens is 2. The molecule has 130 valence electrons. The molecular weight excluding hydrogens is 332 g/mol. The highest BCUT2D eigenvalue weighted by Crippen LogP contribution is 2.32. The number of fused-ring (bicyclic) bond motifs is 3. The van der Waals surface area contributed by atoms with Gasteiger partial charge in [0.05, 0.1) is 5.69 Å². The number of hydrogen-bond acceptors (Lipinski definition) is 3. The number of furan rings is 1. The van der Waals surface area contributed by atoms with Crippen LogP contribution >= 0.6 is 0 Å². The molecule has 0 fully saturated rings. The number of hydrogen-bond donors (Lipinski definition) is 0. The highest BCUT2D eigenvalue weighted by Gasteiger charge is 2.10. The van der Waals surface area contributed by atoms with E-state index in [-0.39, 0.29) is 0 Å². The molecule has 3 heteroatoms. The Bertz CT molecular complexity index is 1260. The second-order valence-corrected chi connectivity index (χ2v) is 6.84. The molecule has 27 heavy (non-hydrogen) atoms. The van der Waals surface area contributed by atoms with Gasteiger partial charge in [-0.1, -0.05) is 18.2 Å². The van der Waals surface area contributed by atoms with Crippen molar-refractivity contribution in [1.82, 2.24) is 9.97 Å². The van der Waals surface area contributed by atoms with Crippen LogP contribution < -0.4 is 0 Å². The number of nitrogens with zero attached hydrogens (tertiary/aromatic N) is 2. The minimum atomic E-state index is 0.876. The first-order valence-electron chi connectivity index (χ1n) is 9.04. The lowest BCUT2D eigenvalue weighted by atomic mass is 9.99. The Morgan fingerprint density at radius 3 is 2.56 bits per heavy atom. The number of rotatable bonds is 3. The average molecular weight is 350 g/mol. The van der Waals surface area contributed by atoms with Crippen molar-refractivity contribution in [1.29, 1.82) is 0 Å². The predicted octanol–water partition coefficient (Wildman–Crippen LogP) is 5.94. The van der Waals surface area contributed by atoms with Gasteiger partial charge in [-0.2, -0.15) is 0 Å². The van der Waals surface area contributed by atoms with Gasteiger partial charge < -0.3 is 4.42 Å². The summed E-state index contributed by atoms with van der Waals surface area (Å²) in [6, 6.07) is 20.8. The lowest BCUT2D eigenvalue weighted by Crippen LogP contribution is -1.95. The van der Waals surface area contributed by atoms with Crippen LogP contribution in [0.5, 0.6) is 0 Å². The highest BCUT2D eigenvalue weighted by atomic mass is 16.3. The Morgan fingerprint density at radius 2 is 1.67 bits per heavy atom. The molecule has 0 radical (unpaired) electrons. The standard InChI is InChI=1S/C24H18N2O/c1-16-15-26-22(14-19(16)12-17-8-10-25-11-9-17)18-6-7-24-21(13-18)20-4-2-3-5-23(20)27-24/h2-11,13-15H,12H2,1H3. The molecule has 0 spiro atoms.